The van der Waals surface area contributed by atoms with Gasteiger partial charge in [-0.15, -0.1) is 0 Å². The van der Waals surface area contributed by atoms with E-state index in [9.17, 15) is 19.3 Å². The average Bonchev–Trinajstić information content (AvgIpc) is 3.01. The van der Waals surface area contributed by atoms with Crippen LogP contribution in [0.1, 0.15) is 33.9 Å². The number of hydrogen-bond acceptors (Lipinski definition) is 10. The smallest absolute Gasteiger partial charge is 0.459 e. The number of halogens is 1. The fourth-order valence-corrected chi connectivity index (χ4v) is 4.96. The Hall–Kier alpha value is -2.83. The third kappa shape index (κ3) is 6.48. The van der Waals surface area contributed by atoms with Crippen molar-refractivity contribution in [2.75, 3.05) is 12.3 Å². The van der Waals surface area contributed by atoms with E-state index in [1.54, 1.807) is 32.0 Å². The number of ether oxygens (including phenoxy) is 2. The van der Waals surface area contributed by atoms with Gasteiger partial charge in [-0.1, -0.05) is 18.2 Å². The van der Waals surface area contributed by atoms with Gasteiger partial charge in [-0.25, -0.2) is 13.8 Å². The van der Waals surface area contributed by atoms with Gasteiger partial charge in [-0.05, 0) is 45.9 Å². The summed E-state index contributed by atoms with van der Waals surface area (Å²) in [6.07, 6.45) is -3.92. The number of benzene rings is 1. The van der Waals surface area contributed by atoms with Crippen LogP contribution < -0.4 is 21.0 Å². The molecule has 1 aliphatic rings. The van der Waals surface area contributed by atoms with Gasteiger partial charge in [-0.2, -0.15) is 10.1 Å². The molecule has 3 rings (SSSR count). The van der Waals surface area contributed by atoms with Crippen LogP contribution in [0.25, 0.3) is 0 Å². The van der Waals surface area contributed by atoms with Gasteiger partial charge in [0.25, 0.3) is 0 Å². The Morgan fingerprint density at radius 2 is 2.00 bits per heavy atom. The lowest BCUT2D eigenvalue weighted by Crippen LogP contribution is -2.43. The molecule has 12 nitrogen and oxygen atoms in total. The third-order valence-electron chi connectivity index (χ3n) is 5.26. The molecule has 0 radical (unpaired) electrons. The summed E-state index contributed by atoms with van der Waals surface area (Å²) < 4.78 is 51.6. The van der Waals surface area contributed by atoms with Crippen LogP contribution in [-0.4, -0.2) is 57.3 Å². The van der Waals surface area contributed by atoms with Crippen molar-refractivity contribution in [2.24, 2.45) is 0 Å². The Morgan fingerprint density at radius 1 is 1.33 bits per heavy atom. The van der Waals surface area contributed by atoms with E-state index in [1.165, 1.54) is 31.3 Å². The van der Waals surface area contributed by atoms with E-state index in [-0.39, 0.29) is 11.6 Å². The number of anilines is 1. The Labute approximate surface area is 207 Å². The SMILES string of the molecule is CC(C)OC(=O)[C@H](C)N[P@@](=O)(OC[C@H]1O[C@@H](n2ccc(N)nc2=O)[C@](C)(F)[C@@H]1O)Oc1ccccc1. The maximum Gasteiger partial charge on any atom is 0.459 e. The number of nitrogens with zero attached hydrogens (tertiary/aromatic N) is 2. The van der Waals surface area contributed by atoms with Gasteiger partial charge in [0.15, 0.2) is 11.9 Å². The summed E-state index contributed by atoms with van der Waals surface area (Å²) in [6.45, 7) is 5.16. The van der Waals surface area contributed by atoms with Gasteiger partial charge in [0.2, 0.25) is 0 Å². The second-order valence-electron chi connectivity index (χ2n) is 8.70. The number of nitrogen functional groups attached to an aromatic ring is 1. The third-order valence-corrected chi connectivity index (χ3v) is 6.90. The molecule has 1 saturated heterocycles. The summed E-state index contributed by atoms with van der Waals surface area (Å²) in [5.74, 6) is -0.599. The molecule has 36 heavy (non-hydrogen) atoms. The summed E-state index contributed by atoms with van der Waals surface area (Å²) in [4.78, 5) is 28.0. The number of carbonyl (C=O) groups is 1. The lowest BCUT2D eigenvalue weighted by Gasteiger charge is -2.25. The van der Waals surface area contributed by atoms with E-state index in [1.807, 2.05) is 0 Å². The van der Waals surface area contributed by atoms with Crippen molar-refractivity contribution in [2.45, 2.75) is 63.9 Å². The molecule has 2 heterocycles. The van der Waals surface area contributed by atoms with Crippen molar-refractivity contribution >= 4 is 19.5 Å². The summed E-state index contributed by atoms with van der Waals surface area (Å²) >= 11 is 0. The van der Waals surface area contributed by atoms with E-state index in [0.29, 0.717) is 0 Å². The fraction of sp³-hybridized carbons (Fsp3) is 0.500. The standard InChI is InChI=1S/C22H30FN4O8P/c1-13(2)33-19(29)14(3)26-36(31,35-15-8-6-5-7-9-15)32-12-16-18(28)22(4,23)20(34-16)27-11-10-17(24)25-21(27)30/h5-11,13-14,16,18,20,28H,12H2,1-4H3,(H,26,31)(H2,24,25,30)/t14-,16+,18+,20+,22+,36+/m0/s1. The first-order valence-electron chi connectivity index (χ1n) is 11.2. The molecule has 0 bridgehead atoms. The number of hydrogen-bond donors (Lipinski definition) is 3. The summed E-state index contributed by atoms with van der Waals surface area (Å²) in [5.41, 5.74) is 2.16. The number of nitrogens with one attached hydrogen (secondary N) is 1. The van der Waals surface area contributed by atoms with Crippen LogP contribution in [0.3, 0.4) is 0 Å². The Balaban J connectivity index is 1.79. The van der Waals surface area contributed by atoms with Gasteiger partial charge >= 0.3 is 19.4 Å². The molecule has 0 aliphatic carbocycles. The van der Waals surface area contributed by atoms with E-state index < -0.39 is 62.3 Å². The summed E-state index contributed by atoms with van der Waals surface area (Å²) in [5, 5.41) is 13.1. The molecule has 0 saturated carbocycles. The number of carbonyl (C=O) groups excluding carboxylic acids is 1. The maximum absolute atomic E-state index is 15.5. The van der Waals surface area contributed by atoms with Gasteiger partial charge < -0.3 is 24.8 Å². The van der Waals surface area contributed by atoms with Gasteiger partial charge in [0, 0.05) is 6.20 Å². The number of aliphatic hydroxyl groups is 1. The van der Waals surface area contributed by atoms with Crippen LogP contribution in [0.4, 0.5) is 10.2 Å². The molecule has 0 spiro atoms. The van der Waals surface area contributed by atoms with Crippen LogP contribution in [-0.2, 0) is 23.4 Å². The zero-order valence-electron chi connectivity index (χ0n) is 20.2. The molecule has 198 valence electrons. The van der Waals surface area contributed by atoms with Crippen LogP contribution in [0.5, 0.6) is 5.75 Å². The average molecular weight is 528 g/mol. The molecule has 1 aromatic heterocycles. The Morgan fingerprint density at radius 3 is 2.61 bits per heavy atom. The highest BCUT2D eigenvalue weighted by atomic mass is 31.2. The lowest BCUT2D eigenvalue weighted by atomic mass is 9.98. The second kappa shape index (κ2) is 11.1. The zero-order chi connectivity index (χ0) is 26.7. The number of para-hydroxylation sites is 1. The molecule has 0 unspecified atom stereocenters. The first-order chi connectivity index (χ1) is 16.8. The van der Waals surface area contributed by atoms with E-state index in [2.05, 4.69) is 10.1 Å². The Bertz CT molecular complexity index is 1160. The largest absolute Gasteiger partial charge is 0.462 e. The highest BCUT2D eigenvalue weighted by Gasteiger charge is 2.56. The first-order valence-corrected chi connectivity index (χ1v) is 12.7. The molecule has 1 aromatic carbocycles. The van der Waals surface area contributed by atoms with Crippen molar-refractivity contribution < 1.29 is 37.4 Å². The highest BCUT2D eigenvalue weighted by Crippen LogP contribution is 2.47. The van der Waals surface area contributed by atoms with Crippen LogP contribution in [0, 0.1) is 0 Å². The normalized spacial score (nSPS) is 26.4. The molecule has 6 atom stereocenters. The van der Waals surface area contributed by atoms with Crippen molar-refractivity contribution in [1.29, 1.82) is 0 Å². The second-order valence-corrected chi connectivity index (χ2v) is 10.4. The monoisotopic (exact) mass is 528 g/mol. The fourth-order valence-electron chi connectivity index (χ4n) is 3.46. The van der Waals surface area contributed by atoms with Crippen LogP contribution in [0.2, 0.25) is 0 Å². The molecule has 14 heteroatoms. The quantitative estimate of drug-likeness (QED) is 0.305. The first kappa shape index (κ1) is 27.8. The van der Waals surface area contributed by atoms with Crippen molar-refractivity contribution in [3.05, 3.63) is 53.1 Å². The van der Waals surface area contributed by atoms with Crippen LogP contribution >= 0.6 is 7.75 Å². The van der Waals surface area contributed by atoms with Gasteiger partial charge in [0.05, 0.1) is 12.7 Å². The van der Waals surface area contributed by atoms with Gasteiger partial charge in [-0.3, -0.25) is 13.9 Å². The minimum atomic E-state index is -4.29. The number of alkyl halides is 1. The number of nitrogens with two attached hydrogens (primary N) is 1. The van der Waals surface area contributed by atoms with Crippen molar-refractivity contribution in [3.63, 3.8) is 0 Å². The number of rotatable bonds is 10. The Kier molecular flexibility index (Phi) is 8.52. The van der Waals surface area contributed by atoms with Crippen molar-refractivity contribution in [1.82, 2.24) is 14.6 Å². The predicted molar refractivity (Wildman–Crippen MR) is 127 cm³/mol. The molecule has 4 N–H and O–H groups in total. The highest BCUT2D eigenvalue weighted by molar-refractivity contribution is 7.52. The predicted octanol–water partition coefficient (Wildman–Crippen LogP) is 1.95. The van der Waals surface area contributed by atoms with E-state index >= 15 is 4.39 Å². The maximum atomic E-state index is 15.5. The number of aliphatic hydroxyl groups excluding tert-OH is 1. The van der Waals surface area contributed by atoms with E-state index in [0.717, 1.165) is 11.5 Å². The summed E-state index contributed by atoms with van der Waals surface area (Å²) in [6, 6.07) is 8.20. The molecular weight excluding hydrogens is 498 g/mol. The molecule has 1 fully saturated rings. The molecular formula is C22H30FN4O8P. The van der Waals surface area contributed by atoms with Crippen LogP contribution in [0.15, 0.2) is 47.4 Å². The minimum Gasteiger partial charge on any atom is -0.462 e. The molecule has 1 aliphatic heterocycles. The van der Waals surface area contributed by atoms with Gasteiger partial charge in [0.1, 0.15) is 29.8 Å². The minimum absolute atomic E-state index is 0.0644. The van der Waals surface area contributed by atoms with Crippen molar-refractivity contribution in [3.8, 4) is 5.75 Å². The number of aromatic nitrogens is 2. The summed E-state index contributed by atoms with van der Waals surface area (Å²) in [7, 11) is -4.29. The van der Waals surface area contributed by atoms with E-state index in [4.69, 9.17) is 24.3 Å². The topological polar surface area (TPSA) is 164 Å². The molecule has 2 aromatic rings. The number of esters is 1. The lowest BCUT2D eigenvalue weighted by molar-refractivity contribution is -0.149. The zero-order valence-corrected chi connectivity index (χ0v) is 21.1. The molecule has 0 amide bonds.